The second kappa shape index (κ2) is 7.55. The fraction of sp³-hybridized carbons (Fsp3) is 0.667. The van der Waals surface area contributed by atoms with Crippen molar-refractivity contribution in [1.29, 1.82) is 0 Å². The maximum Gasteiger partial charge on any atom is 0.407 e. The van der Waals surface area contributed by atoms with Crippen LogP contribution in [0.1, 0.15) is 53.6 Å². The van der Waals surface area contributed by atoms with Crippen LogP contribution >= 0.6 is 11.3 Å². The minimum absolute atomic E-state index is 0.0552. The normalized spacial score (nSPS) is 20.0. The number of hydrogen-bond acceptors (Lipinski definition) is 3. The molecule has 1 unspecified atom stereocenters. The van der Waals surface area contributed by atoms with Gasteiger partial charge in [-0.25, -0.2) is 4.79 Å². The first-order valence-electron chi connectivity index (χ1n) is 8.94. The van der Waals surface area contributed by atoms with E-state index in [4.69, 9.17) is 5.11 Å². The Balaban J connectivity index is 1.54. The predicted octanol–water partition coefficient (Wildman–Crippen LogP) is 3.60. The monoisotopic (exact) mass is 350 g/mol. The lowest BCUT2D eigenvalue weighted by Gasteiger charge is -2.32. The van der Waals surface area contributed by atoms with E-state index in [1.807, 2.05) is 12.1 Å². The zero-order valence-corrected chi connectivity index (χ0v) is 15.0. The second-order valence-electron chi connectivity index (χ2n) is 6.99. The summed E-state index contributed by atoms with van der Waals surface area (Å²) in [6.45, 7) is 3.34. The summed E-state index contributed by atoms with van der Waals surface area (Å²) in [6.07, 6.45) is 5.34. The first-order valence-corrected chi connectivity index (χ1v) is 9.76. The molecule has 0 radical (unpaired) electrons. The van der Waals surface area contributed by atoms with Gasteiger partial charge in [-0.1, -0.05) is 6.92 Å². The van der Waals surface area contributed by atoms with E-state index in [1.165, 1.54) is 22.6 Å². The number of nitrogens with one attached hydrogen (secondary N) is 1. The fourth-order valence-electron chi connectivity index (χ4n) is 3.52. The maximum absolute atomic E-state index is 12.5. The minimum atomic E-state index is -0.815. The lowest BCUT2D eigenvalue weighted by Crippen LogP contribution is -2.41. The van der Waals surface area contributed by atoms with Gasteiger partial charge in [0.1, 0.15) is 0 Å². The van der Waals surface area contributed by atoms with Crippen LogP contribution in [0.25, 0.3) is 0 Å². The van der Waals surface area contributed by atoms with Crippen LogP contribution in [0.2, 0.25) is 0 Å². The van der Waals surface area contributed by atoms with Crippen molar-refractivity contribution in [3.05, 3.63) is 21.9 Å². The number of carbonyl (C=O) groups excluding carboxylic acids is 1. The molecule has 132 valence electrons. The van der Waals surface area contributed by atoms with Crippen molar-refractivity contribution in [3.63, 3.8) is 0 Å². The number of likely N-dealkylation sites (tertiary alicyclic amines) is 1. The van der Waals surface area contributed by atoms with Crippen LogP contribution in [-0.2, 0) is 6.42 Å². The van der Waals surface area contributed by atoms with Gasteiger partial charge in [-0.05, 0) is 62.5 Å². The Bertz CT molecular complexity index is 589. The van der Waals surface area contributed by atoms with E-state index in [0.29, 0.717) is 24.9 Å². The Morgan fingerprint density at radius 2 is 2.00 bits per heavy atom. The van der Waals surface area contributed by atoms with Crippen LogP contribution in [0, 0.1) is 11.8 Å². The summed E-state index contributed by atoms with van der Waals surface area (Å²) >= 11 is 1.58. The average molecular weight is 350 g/mol. The lowest BCUT2D eigenvalue weighted by molar-refractivity contribution is 0.0919. The first-order chi connectivity index (χ1) is 11.6. The molecule has 2 heterocycles. The van der Waals surface area contributed by atoms with Gasteiger partial charge in [0.2, 0.25) is 0 Å². The predicted molar refractivity (Wildman–Crippen MR) is 94.6 cm³/mol. The smallest absolute Gasteiger partial charge is 0.407 e. The van der Waals surface area contributed by atoms with Crippen LogP contribution in [0.15, 0.2) is 12.1 Å². The Morgan fingerprint density at radius 1 is 1.29 bits per heavy atom. The fourth-order valence-corrected chi connectivity index (χ4v) is 4.37. The molecule has 2 fully saturated rings. The maximum atomic E-state index is 12.5. The molecule has 1 aliphatic heterocycles. The summed E-state index contributed by atoms with van der Waals surface area (Å²) < 4.78 is 0. The molecule has 1 aliphatic carbocycles. The zero-order valence-electron chi connectivity index (χ0n) is 14.2. The molecule has 24 heavy (non-hydrogen) atoms. The van der Waals surface area contributed by atoms with Gasteiger partial charge in [0.15, 0.2) is 0 Å². The summed E-state index contributed by atoms with van der Waals surface area (Å²) in [6, 6.07) is 4.20. The lowest BCUT2D eigenvalue weighted by atomic mass is 9.88. The summed E-state index contributed by atoms with van der Waals surface area (Å²) in [7, 11) is 0. The van der Waals surface area contributed by atoms with Crippen molar-refractivity contribution in [2.24, 2.45) is 11.8 Å². The van der Waals surface area contributed by atoms with E-state index < -0.39 is 6.09 Å². The average Bonchev–Trinajstić information content (AvgIpc) is 3.31. The van der Waals surface area contributed by atoms with Gasteiger partial charge >= 0.3 is 6.09 Å². The van der Waals surface area contributed by atoms with Crippen molar-refractivity contribution in [2.45, 2.75) is 51.5 Å². The summed E-state index contributed by atoms with van der Waals surface area (Å²) in [5.74, 6) is 1.18. The van der Waals surface area contributed by atoms with Crippen molar-refractivity contribution >= 4 is 23.3 Å². The molecule has 2 aliphatic rings. The molecule has 0 spiro atoms. The molecule has 5 nitrogen and oxygen atoms in total. The molecule has 3 rings (SSSR count). The number of thiophene rings is 1. The van der Waals surface area contributed by atoms with Gasteiger partial charge in [-0.3, -0.25) is 4.79 Å². The third-order valence-corrected chi connectivity index (χ3v) is 6.44. The van der Waals surface area contributed by atoms with Crippen molar-refractivity contribution in [3.8, 4) is 0 Å². The van der Waals surface area contributed by atoms with E-state index in [0.717, 1.165) is 30.6 Å². The number of carbonyl (C=O) groups is 2. The SMILES string of the molecule is CCc1ccc(C(=O)NC(CC2CCN(C(=O)O)CC2)C2CC2)s1. The number of nitrogens with zero attached hydrogens (tertiary/aromatic N) is 1. The molecule has 6 heteroatoms. The first kappa shape index (κ1) is 17.3. The van der Waals surface area contributed by atoms with Crippen LogP contribution in [0.4, 0.5) is 4.79 Å². The van der Waals surface area contributed by atoms with Crippen molar-refractivity contribution in [1.82, 2.24) is 10.2 Å². The Hall–Kier alpha value is -1.56. The topological polar surface area (TPSA) is 69.6 Å². The standard InChI is InChI=1S/C18H26N2O3S/c1-2-14-5-6-16(24-14)17(21)19-15(13-3-4-13)11-12-7-9-20(10-8-12)18(22)23/h5-6,12-13,15H,2-4,7-11H2,1H3,(H,19,21)(H,22,23). The molecular weight excluding hydrogens is 324 g/mol. The highest BCUT2D eigenvalue weighted by atomic mass is 32.1. The molecule has 1 atom stereocenters. The van der Waals surface area contributed by atoms with E-state index in [1.54, 1.807) is 11.3 Å². The van der Waals surface area contributed by atoms with Crippen LogP contribution in [0.5, 0.6) is 0 Å². The molecule has 2 N–H and O–H groups in total. The number of aryl methyl sites for hydroxylation is 1. The zero-order chi connectivity index (χ0) is 17.1. The number of carboxylic acid groups (broad SMARTS) is 1. The Morgan fingerprint density at radius 3 is 2.54 bits per heavy atom. The summed E-state index contributed by atoms with van der Waals surface area (Å²) in [5, 5.41) is 12.3. The highest BCUT2D eigenvalue weighted by molar-refractivity contribution is 7.14. The number of amides is 2. The van der Waals surface area contributed by atoms with Crippen LogP contribution in [-0.4, -0.2) is 41.1 Å². The van der Waals surface area contributed by atoms with Crippen LogP contribution in [0.3, 0.4) is 0 Å². The highest BCUT2D eigenvalue weighted by Gasteiger charge is 2.35. The van der Waals surface area contributed by atoms with E-state index in [-0.39, 0.29) is 11.9 Å². The number of piperidine rings is 1. The van der Waals surface area contributed by atoms with Gasteiger partial charge in [0.05, 0.1) is 4.88 Å². The number of hydrogen-bond donors (Lipinski definition) is 2. The van der Waals surface area contributed by atoms with Crippen molar-refractivity contribution < 1.29 is 14.7 Å². The van der Waals surface area contributed by atoms with Gasteiger partial charge in [-0.15, -0.1) is 11.3 Å². The van der Waals surface area contributed by atoms with Crippen LogP contribution < -0.4 is 5.32 Å². The third kappa shape index (κ3) is 4.29. The third-order valence-electron chi connectivity index (χ3n) is 5.21. The molecular formula is C18H26N2O3S. The van der Waals surface area contributed by atoms with Gasteiger partial charge in [0, 0.05) is 24.0 Å². The van der Waals surface area contributed by atoms with E-state index in [9.17, 15) is 9.59 Å². The van der Waals surface area contributed by atoms with Gasteiger partial charge in [-0.2, -0.15) is 0 Å². The molecule has 2 amide bonds. The van der Waals surface area contributed by atoms with Gasteiger partial charge in [0.25, 0.3) is 5.91 Å². The molecule has 1 saturated heterocycles. The largest absolute Gasteiger partial charge is 0.465 e. The minimum Gasteiger partial charge on any atom is -0.465 e. The Labute approximate surface area is 147 Å². The molecule has 0 aromatic carbocycles. The van der Waals surface area contributed by atoms with E-state index in [2.05, 4.69) is 12.2 Å². The summed E-state index contributed by atoms with van der Waals surface area (Å²) in [4.78, 5) is 27.1. The molecule has 1 aromatic rings. The van der Waals surface area contributed by atoms with E-state index >= 15 is 0 Å². The van der Waals surface area contributed by atoms with Crippen molar-refractivity contribution in [2.75, 3.05) is 13.1 Å². The summed E-state index contributed by atoms with van der Waals surface area (Å²) in [5.41, 5.74) is 0. The molecule has 0 bridgehead atoms. The number of rotatable bonds is 6. The second-order valence-corrected chi connectivity index (χ2v) is 8.15. The van der Waals surface area contributed by atoms with Gasteiger partial charge < -0.3 is 15.3 Å². The molecule has 1 saturated carbocycles. The molecule has 1 aromatic heterocycles. The highest BCUT2D eigenvalue weighted by Crippen LogP contribution is 2.37. The Kier molecular flexibility index (Phi) is 5.43. The quantitative estimate of drug-likeness (QED) is 0.823.